The van der Waals surface area contributed by atoms with Gasteiger partial charge in [-0.15, -0.1) is 0 Å². The van der Waals surface area contributed by atoms with Crippen LogP contribution in [0.1, 0.15) is 64.4 Å². The second-order valence-electron chi connectivity index (χ2n) is 7.60. The van der Waals surface area contributed by atoms with E-state index in [9.17, 15) is 4.79 Å². The predicted octanol–water partition coefficient (Wildman–Crippen LogP) is 6.40. The van der Waals surface area contributed by atoms with Gasteiger partial charge in [-0.3, -0.25) is 4.79 Å². The predicted molar refractivity (Wildman–Crippen MR) is 127 cm³/mol. The number of benzene rings is 2. The van der Waals surface area contributed by atoms with Crippen LogP contribution in [0.4, 0.5) is 5.69 Å². The molecule has 3 aromatic rings. The Bertz CT molecular complexity index is 1030. The number of amides is 1. The molecule has 1 heterocycles. The fraction of sp³-hybridized carbons (Fsp3) is 0.375. The quantitative estimate of drug-likeness (QED) is 0.324. The summed E-state index contributed by atoms with van der Waals surface area (Å²) in [5.41, 5.74) is 4.51. The minimum Gasteiger partial charge on any atom is -0.436 e. The number of carbonyl (C=O) groups excluding carboxylic acids is 1. The van der Waals surface area contributed by atoms with E-state index < -0.39 is 0 Å². The van der Waals surface area contributed by atoms with E-state index in [2.05, 4.69) is 48.5 Å². The van der Waals surface area contributed by atoms with Crippen LogP contribution in [0.5, 0.6) is 0 Å². The summed E-state index contributed by atoms with van der Waals surface area (Å²) in [4.78, 5) is 16.6. The van der Waals surface area contributed by atoms with E-state index in [4.69, 9.17) is 16.6 Å². The van der Waals surface area contributed by atoms with Crippen LogP contribution in [0.15, 0.2) is 46.9 Å². The van der Waals surface area contributed by atoms with Crippen LogP contribution in [0.25, 0.3) is 22.6 Å². The van der Waals surface area contributed by atoms with Crippen LogP contribution in [-0.4, -0.2) is 16.0 Å². The van der Waals surface area contributed by atoms with Crippen molar-refractivity contribution in [1.82, 2.24) is 10.3 Å². The Morgan fingerprint density at radius 1 is 1.17 bits per heavy atom. The zero-order valence-corrected chi connectivity index (χ0v) is 18.6. The van der Waals surface area contributed by atoms with Crippen molar-refractivity contribution in [3.05, 3.63) is 48.0 Å². The van der Waals surface area contributed by atoms with Gasteiger partial charge in [0.05, 0.1) is 0 Å². The number of rotatable bonds is 8. The van der Waals surface area contributed by atoms with Crippen LogP contribution in [-0.2, 0) is 4.79 Å². The first kappa shape index (κ1) is 22.0. The first-order chi connectivity index (χ1) is 14.5. The molecule has 6 heteroatoms. The summed E-state index contributed by atoms with van der Waals surface area (Å²) >= 11 is 5.27. The molecular weight excluding hydrogens is 394 g/mol. The van der Waals surface area contributed by atoms with E-state index in [0.29, 0.717) is 23.3 Å². The Morgan fingerprint density at radius 3 is 2.77 bits per heavy atom. The van der Waals surface area contributed by atoms with Gasteiger partial charge < -0.3 is 15.1 Å². The third kappa shape index (κ3) is 5.66. The highest BCUT2D eigenvalue weighted by Crippen LogP contribution is 2.29. The third-order valence-electron chi connectivity index (χ3n) is 5.22. The van der Waals surface area contributed by atoms with Crippen molar-refractivity contribution in [3.8, 4) is 11.5 Å². The van der Waals surface area contributed by atoms with Crippen molar-refractivity contribution in [2.45, 2.75) is 58.8 Å². The molecule has 0 fully saturated rings. The number of nitrogens with zero attached hydrogens (tertiary/aromatic N) is 1. The molecule has 1 amide bonds. The van der Waals surface area contributed by atoms with E-state index in [1.807, 2.05) is 30.3 Å². The third-order valence-corrected chi connectivity index (χ3v) is 5.42. The zero-order chi connectivity index (χ0) is 21.5. The lowest BCUT2D eigenvalue weighted by Crippen LogP contribution is -2.33. The summed E-state index contributed by atoms with van der Waals surface area (Å²) in [5.74, 6) is 0.984. The van der Waals surface area contributed by atoms with Gasteiger partial charge in [0.2, 0.25) is 11.8 Å². The second-order valence-corrected chi connectivity index (χ2v) is 8.00. The van der Waals surface area contributed by atoms with E-state index in [1.54, 1.807) is 0 Å². The minimum absolute atomic E-state index is 0.0619. The van der Waals surface area contributed by atoms with Crippen LogP contribution in [0, 0.1) is 0 Å². The van der Waals surface area contributed by atoms with Crippen molar-refractivity contribution in [3.63, 3.8) is 0 Å². The Kier molecular flexibility index (Phi) is 7.57. The number of aromatic nitrogens is 1. The van der Waals surface area contributed by atoms with Gasteiger partial charge in [-0.2, -0.15) is 0 Å². The van der Waals surface area contributed by atoms with Gasteiger partial charge in [-0.1, -0.05) is 45.7 Å². The Labute approximate surface area is 183 Å². The van der Waals surface area contributed by atoms with Gasteiger partial charge in [-0.25, -0.2) is 4.98 Å². The molecule has 0 aliphatic carbocycles. The summed E-state index contributed by atoms with van der Waals surface area (Å²) in [6, 6.07) is 13.8. The average Bonchev–Trinajstić information content (AvgIpc) is 3.17. The van der Waals surface area contributed by atoms with E-state index in [1.165, 1.54) is 5.56 Å². The van der Waals surface area contributed by atoms with Gasteiger partial charge in [-0.05, 0) is 66.9 Å². The first-order valence-electron chi connectivity index (χ1n) is 10.6. The van der Waals surface area contributed by atoms with Crippen LogP contribution in [0.2, 0.25) is 0 Å². The van der Waals surface area contributed by atoms with Crippen molar-refractivity contribution in [2.24, 2.45) is 0 Å². The maximum atomic E-state index is 11.9. The van der Waals surface area contributed by atoms with Gasteiger partial charge >= 0.3 is 0 Å². The largest absolute Gasteiger partial charge is 0.436 e. The second kappa shape index (κ2) is 10.3. The number of hydrogen-bond acceptors (Lipinski definition) is 4. The summed E-state index contributed by atoms with van der Waals surface area (Å²) in [6.45, 7) is 6.50. The molecule has 1 atom stereocenters. The van der Waals surface area contributed by atoms with E-state index in [-0.39, 0.29) is 5.91 Å². The SMILES string of the molecule is CCCCCC(=O)NC(=S)Nc1cccc(-c2nc3cc([C@H](C)CC)ccc3o2)c1. The molecule has 1 aromatic heterocycles. The van der Waals surface area contributed by atoms with Crippen LogP contribution in [0.3, 0.4) is 0 Å². The summed E-state index contributed by atoms with van der Waals surface area (Å²) in [6.07, 6.45) is 4.56. The van der Waals surface area contributed by atoms with Gasteiger partial charge in [0.1, 0.15) is 5.52 Å². The molecule has 0 aliphatic heterocycles. The molecule has 3 rings (SSSR count). The lowest BCUT2D eigenvalue weighted by Gasteiger charge is -2.10. The number of oxazole rings is 1. The molecule has 30 heavy (non-hydrogen) atoms. The molecule has 0 unspecified atom stereocenters. The van der Waals surface area contributed by atoms with Crippen molar-refractivity contribution in [1.29, 1.82) is 0 Å². The highest BCUT2D eigenvalue weighted by atomic mass is 32.1. The number of anilines is 1. The standard InChI is InChI=1S/C24H29N3O2S/c1-4-6-7-11-22(28)27-24(30)25-19-10-8-9-18(14-19)23-26-20-15-17(16(3)5-2)12-13-21(20)29-23/h8-10,12-16H,4-7,11H2,1-3H3,(H2,25,27,28,30)/t16-/m1/s1. The number of fused-ring (bicyclic) bond motifs is 1. The van der Waals surface area contributed by atoms with Gasteiger partial charge in [0.15, 0.2) is 10.7 Å². The Balaban J connectivity index is 1.70. The number of carbonyl (C=O) groups is 1. The molecule has 0 saturated carbocycles. The van der Waals surface area contributed by atoms with Crippen molar-refractivity contribution >= 4 is 40.0 Å². The highest BCUT2D eigenvalue weighted by molar-refractivity contribution is 7.80. The fourth-order valence-corrected chi connectivity index (χ4v) is 3.46. The fourth-order valence-electron chi connectivity index (χ4n) is 3.23. The molecule has 0 spiro atoms. The molecule has 0 aliphatic rings. The number of nitrogens with one attached hydrogen (secondary N) is 2. The molecule has 2 N–H and O–H groups in total. The molecule has 2 aromatic carbocycles. The monoisotopic (exact) mass is 423 g/mol. The maximum Gasteiger partial charge on any atom is 0.227 e. The van der Waals surface area contributed by atoms with Gasteiger partial charge in [0, 0.05) is 17.7 Å². The molecule has 0 saturated heterocycles. The summed E-state index contributed by atoms with van der Waals surface area (Å²) in [7, 11) is 0. The van der Waals surface area contributed by atoms with Crippen LogP contribution < -0.4 is 10.6 Å². The molecular formula is C24H29N3O2S. The van der Waals surface area contributed by atoms with Crippen LogP contribution >= 0.6 is 12.2 Å². The lowest BCUT2D eigenvalue weighted by molar-refractivity contribution is -0.119. The summed E-state index contributed by atoms with van der Waals surface area (Å²) in [5, 5.41) is 6.10. The smallest absolute Gasteiger partial charge is 0.227 e. The normalized spacial score (nSPS) is 12.0. The van der Waals surface area contributed by atoms with E-state index in [0.717, 1.165) is 48.0 Å². The Hall–Kier alpha value is -2.73. The van der Waals surface area contributed by atoms with Crippen molar-refractivity contribution < 1.29 is 9.21 Å². The topological polar surface area (TPSA) is 67.2 Å². The number of hydrogen-bond donors (Lipinski definition) is 2. The number of unbranched alkanes of at least 4 members (excludes halogenated alkanes) is 2. The highest BCUT2D eigenvalue weighted by Gasteiger charge is 2.12. The molecule has 158 valence electrons. The van der Waals surface area contributed by atoms with E-state index >= 15 is 0 Å². The average molecular weight is 424 g/mol. The first-order valence-corrected chi connectivity index (χ1v) is 11.0. The maximum absolute atomic E-state index is 11.9. The van der Waals surface area contributed by atoms with Gasteiger partial charge in [0.25, 0.3) is 0 Å². The number of thiocarbonyl (C=S) groups is 1. The van der Waals surface area contributed by atoms with Crippen molar-refractivity contribution in [2.75, 3.05) is 5.32 Å². The Morgan fingerprint density at radius 2 is 2.00 bits per heavy atom. The summed E-state index contributed by atoms with van der Waals surface area (Å²) < 4.78 is 5.96. The minimum atomic E-state index is -0.0619. The zero-order valence-electron chi connectivity index (χ0n) is 17.8. The molecule has 0 bridgehead atoms. The molecule has 5 nitrogen and oxygen atoms in total. The molecule has 0 radical (unpaired) electrons. The lowest BCUT2D eigenvalue weighted by atomic mass is 9.98.